The first-order valence-electron chi connectivity index (χ1n) is 7.17. The number of benzene rings is 1. The molecule has 2 rings (SSSR count). The molecule has 3 nitrogen and oxygen atoms in total. The van der Waals surface area contributed by atoms with Gasteiger partial charge in [-0.2, -0.15) is 0 Å². The van der Waals surface area contributed by atoms with E-state index in [0.29, 0.717) is 12.8 Å². The van der Waals surface area contributed by atoms with Gasteiger partial charge in [0.25, 0.3) is 5.91 Å². The van der Waals surface area contributed by atoms with E-state index in [0.717, 1.165) is 12.8 Å². The van der Waals surface area contributed by atoms with Gasteiger partial charge in [0.15, 0.2) is 0 Å². The van der Waals surface area contributed by atoms with E-state index >= 15 is 0 Å². The number of hydrogen-bond donors (Lipinski definition) is 2. The normalized spacial score (nSPS) is 20.0. The summed E-state index contributed by atoms with van der Waals surface area (Å²) in [6.07, 6.45) is 3.21. The Bertz CT molecular complexity index is 535. The lowest BCUT2D eigenvalue weighted by Crippen LogP contribution is -2.46. The van der Waals surface area contributed by atoms with Gasteiger partial charge in [0.05, 0.1) is 15.6 Å². The summed E-state index contributed by atoms with van der Waals surface area (Å²) in [4.78, 5) is 12.1. The standard InChI is InChI=1S/C16H21BrFNO2/c1-15(2)6-8-16(21,9-7-15)10-19-14(20)11-4-3-5-12(18)13(11)17/h3-5,21H,6-10H2,1-2H3,(H,19,20). The summed E-state index contributed by atoms with van der Waals surface area (Å²) in [5.41, 5.74) is -0.359. The molecule has 1 aliphatic rings. The zero-order valence-corrected chi connectivity index (χ0v) is 14.0. The van der Waals surface area contributed by atoms with Gasteiger partial charge in [0, 0.05) is 6.54 Å². The molecule has 0 saturated heterocycles. The van der Waals surface area contributed by atoms with Crippen LogP contribution >= 0.6 is 15.9 Å². The monoisotopic (exact) mass is 357 g/mol. The number of halogens is 2. The zero-order chi connectivity index (χ0) is 15.7. The average Bonchev–Trinajstić information content (AvgIpc) is 2.43. The molecule has 2 N–H and O–H groups in total. The molecule has 1 aliphatic carbocycles. The van der Waals surface area contributed by atoms with Crippen molar-refractivity contribution >= 4 is 21.8 Å². The van der Waals surface area contributed by atoms with Gasteiger partial charge in [0.2, 0.25) is 0 Å². The third-order valence-corrected chi connectivity index (χ3v) is 5.11. The molecule has 1 fully saturated rings. The molecule has 0 aromatic heterocycles. The fraction of sp³-hybridized carbons (Fsp3) is 0.562. The largest absolute Gasteiger partial charge is 0.388 e. The van der Waals surface area contributed by atoms with Gasteiger partial charge in [-0.15, -0.1) is 0 Å². The van der Waals surface area contributed by atoms with E-state index in [-0.39, 0.29) is 27.9 Å². The molecule has 116 valence electrons. The molecule has 0 spiro atoms. The third kappa shape index (κ3) is 4.04. The predicted octanol–water partition coefficient (Wildman–Crippen LogP) is 3.65. The summed E-state index contributed by atoms with van der Waals surface area (Å²) >= 11 is 3.08. The second-order valence-corrected chi connectivity index (χ2v) is 7.47. The molecule has 5 heteroatoms. The average molecular weight is 358 g/mol. The van der Waals surface area contributed by atoms with E-state index in [9.17, 15) is 14.3 Å². The van der Waals surface area contributed by atoms with Crippen molar-refractivity contribution in [2.45, 2.75) is 45.1 Å². The summed E-state index contributed by atoms with van der Waals surface area (Å²) in [6, 6.07) is 4.33. The minimum atomic E-state index is -0.856. The second-order valence-electron chi connectivity index (χ2n) is 6.67. The number of aliphatic hydroxyl groups is 1. The first-order valence-corrected chi connectivity index (χ1v) is 7.96. The van der Waals surface area contributed by atoms with Gasteiger partial charge in [-0.25, -0.2) is 4.39 Å². The molecule has 0 bridgehead atoms. The number of amides is 1. The molecular weight excluding hydrogens is 337 g/mol. The van der Waals surface area contributed by atoms with E-state index in [2.05, 4.69) is 35.1 Å². The lowest BCUT2D eigenvalue weighted by atomic mass is 9.71. The van der Waals surface area contributed by atoms with Crippen LogP contribution < -0.4 is 5.32 Å². The van der Waals surface area contributed by atoms with Gasteiger partial charge in [-0.05, 0) is 59.2 Å². The van der Waals surface area contributed by atoms with Crippen molar-refractivity contribution in [1.29, 1.82) is 0 Å². The highest BCUT2D eigenvalue weighted by Gasteiger charge is 2.36. The Kier molecular flexibility index (Phi) is 4.73. The van der Waals surface area contributed by atoms with Crippen LogP contribution in [0.1, 0.15) is 49.9 Å². The van der Waals surface area contributed by atoms with Crippen LogP contribution in [0.2, 0.25) is 0 Å². The lowest BCUT2D eigenvalue weighted by Gasteiger charge is -2.40. The summed E-state index contributed by atoms with van der Waals surface area (Å²) in [6.45, 7) is 4.58. The van der Waals surface area contributed by atoms with Crippen LogP contribution in [0.15, 0.2) is 22.7 Å². The highest BCUT2D eigenvalue weighted by atomic mass is 79.9. The smallest absolute Gasteiger partial charge is 0.252 e. The molecule has 0 unspecified atom stereocenters. The lowest BCUT2D eigenvalue weighted by molar-refractivity contribution is -0.0233. The number of carbonyl (C=O) groups excluding carboxylic acids is 1. The maximum Gasteiger partial charge on any atom is 0.252 e. The fourth-order valence-corrected chi connectivity index (χ4v) is 3.03. The van der Waals surface area contributed by atoms with E-state index in [1.807, 2.05) is 0 Å². The van der Waals surface area contributed by atoms with Crippen molar-refractivity contribution < 1.29 is 14.3 Å². The highest BCUT2D eigenvalue weighted by Crippen LogP contribution is 2.39. The summed E-state index contributed by atoms with van der Waals surface area (Å²) < 4.78 is 13.6. The first-order chi connectivity index (χ1) is 9.72. The molecule has 1 amide bonds. The number of nitrogens with one attached hydrogen (secondary N) is 1. The van der Waals surface area contributed by atoms with Crippen molar-refractivity contribution in [3.8, 4) is 0 Å². The van der Waals surface area contributed by atoms with Crippen molar-refractivity contribution in [3.63, 3.8) is 0 Å². The molecule has 1 aromatic carbocycles. The van der Waals surface area contributed by atoms with Gasteiger partial charge in [0.1, 0.15) is 5.82 Å². The van der Waals surface area contributed by atoms with Crippen LogP contribution in [0.5, 0.6) is 0 Å². The summed E-state index contributed by atoms with van der Waals surface area (Å²) in [7, 11) is 0. The Hall–Kier alpha value is -0.940. The Labute approximate surface area is 133 Å². The number of rotatable bonds is 3. The van der Waals surface area contributed by atoms with Crippen LogP contribution in [0, 0.1) is 11.2 Å². The zero-order valence-electron chi connectivity index (χ0n) is 12.4. The Morgan fingerprint density at radius 1 is 1.33 bits per heavy atom. The minimum Gasteiger partial charge on any atom is -0.388 e. The quantitative estimate of drug-likeness (QED) is 0.867. The first kappa shape index (κ1) is 16.4. The number of carbonyl (C=O) groups is 1. The van der Waals surface area contributed by atoms with E-state index in [1.54, 1.807) is 6.07 Å². The molecule has 0 atom stereocenters. The second kappa shape index (κ2) is 6.05. The Morgan fingerprint density at radius 2 is 1.95 bits per heavy atom. The fourth-order valence-electron chi connectivity index (χ4n) is 2.59. The minimum absolute atomic E-state index is 0.152. The maximum absolute atomic E-state index is 13.4. The predicted molar refractivity (Wildman–Crippen MR) is 83.6 cm³/mol. The third-order valence-electron chi connectivity index (χ3n) is 4.31. The maximum atomic E-state index is 13.4. The van der Waals surface area contributed by atoms with Crippen molar-refractivity contribution in [2.75, 3.05) is 6.54 Å². The van der Waals surface area contributed by atoms with Gasteiger partial charge >= 0.3 is 0 Å². The van der Waals surface area contributed by atoms with Crippen molar-refractivity contribution in [1.82, 2.24) is 5.32 Å². The molecule has 0 aliphatic heterocycles. The summed E-state index contributed by atoms with van der Waals surface area (Å²) in [5, 5.41) is 13.2. The van der Waals surface area contributed by atoms with Crippen molar-refractivity contribution in [2.24, 2.45) is 5.41 Å². The van der Waals surface area contributed by atoms with E-state index in [1.165, 1.54) is 12.1 Å². The van der Waals surface area contributed by atoms with Crippen molar-refractivity contribution in [3.05, 3.63) is 34.1 Å². The van der Waals surface area contributed by atoms with E-state index in [4.69, 9.17) is 0 Å². The van der Waals surface area contributed by atoms with Gasteiger partial charge in [-0.3, -0.25) is 4.79 Å². The number of hydrogen-bond acceptors (Lipinski definition) is 2. The molecule has 0 radical (unpaired) electrons. The van der Waals surface area contributed by atoms with Crippen LogP contribution in [0.25, 0.3) is 0 Å². The van der Waals surface area contributed by atoms with Gasteiger partial charge in [-0.1, -0.05) is 19.9 Å². The highest BCUT2D eigenvalue weighted by molar-refractivity contribution is 9.10. The SMILES string of the molecule is CC1(C)CCC(O)(CNC(=O)c2cccc(F)c2Br)CC1. The molecule has 1 aromatic rings. The van der Waals surface area contributed by atoms with E-state index < -0.39 is 11.4 Å². The Balaban J connectivity index is 1.97. The molecule has 21 heavy (non-hydrogen) atoms. The summed E-state index contributed by atoms with van der Waals surface area (Å²) in [5.74, 6) is -0.847. The van der Waals surface area contributed by atoms with Crippen LogP contribution in [-0.4, -0.2) is 23.2 Å². The molecule has 1 saturated carbocycles. The topological polar surface area (TPSA) is 49.3 Å². The molecular formula is C16H21BrFNO2. The van der Waals surface area contributed by atoms with Gasteiger partial charge < -0.3 is 10.4 Å². The van der Waals surface area contributed by atoms with Crippen LogP contribution in [0.4, 0.5) is 4.39 Å². The van der Waals surface area contributed by atoms with Crippen LogP contribution in [-0.2, 0) is 0 Å². The molecule has 0 heterocycles. The Morgan fingerprint density at radius 3 is 2.57 bits per heavy atom. The van der Waals surface area contributed by atoms with Crippen LogP contribution in [0.3, 0.4) is 0 Å².